The number of nitriles is 1. The molecule has 0 saturated heterocycles. The summed E-state index contributed by atoms with van der Waals surface area (Å²) >= 11 is 6.28. The quantitative estimate of drug-likeness (QED) is 0.655. The first kappa shape index (κ1) is 11.7. The summed E-state index contributed by atoms with van der Waals surface area (Å²) in [5.74, 6) is 0. The maximum absolute atomic E-state index is 9.03. The molecule has 0 N–H and O–H groups in total. The summed E-state index contributed by atoms with van der Waals surface area (Å²) in [4.78, 5) is 4.45. The second kappa shape index (κ2) is 4.72. The topological polar surface area (TPSA) is 36.1 Å². The van der Waals surface area contributed by atoms with Crippen LogP contribution in [0.1, 0.15) is 16.7 Å². The lowest BCUT2D eigenvalue weighted by atomic mass is 9.94. The number of para-hydroxylation sites is 1. The summed E-state index contributed by atoms with van der Waals surface area (Å²) in [5.41, 5.74) is 4.34. The summed E-state index contributed by atoms with van der Waals surface area (Å²) < 4.78 is 0. The van der Waals surface area contributed by atoms with E-state index in [1.165, 1.54) is 0 Å². The third-order valence-corrected chi connectivity index (χ3v) is 3.35. The summed E-state index contributed by atoms with van der Waals surface area (Å²) in [7, 11) is 0. The van der Waals surface area contributed by atoms with Crippen molar-refractivity contribution in [3.63, 3.8) is 0 Å². The van der Waals surface area contributed by atoms with E-state index in [0.29, 0.717) is 5.17 Å². The highest BCUT2D eigenvalue weighted by Gasteiger charge is 2.18. The van der Waals surface area contributed by atoms with E-state index < -0.39 is 0 Å². The largest absolute Gasteiger partial charge is 0.235 e. The molecule has 0 bridgehead atoms. The maximum Gasteiger partial charge on any atom is 0.137 e. The molecule has 0 unspecified atom stereocenters. The molecule has 0 spiro atoms. The predicted octanol–water partition coefficient (Wildman–Crippen LogP) is 4.27. The van der Waals surface area contributed by atoms with E-state index in [2.05, 4.69) is 11.1 Å². The van der Waals surface area contributed by atoms with E-state index in [0.717, 1.165) is 28.0 Å². The van der Waals surface area contributed by atoms with Gasteiger partial charge in [0.2, 0.25) is 0 Å². The van der Waals surface area contributed by atoms with Crippen molar-refractivity contribution in [2.45, 2.75) is 0 Å². The molecule has 0 radical (unpaired) electrons. The molecular formula is C16H9ClN2. The van der Waals surface area contributed by atoms with E-state index in [1.54, 1.807) is 6.08 Å². The lowest BCUT2D eigenvalue weighted by Crippen LogP contribution is -1.95. The van der Waals surface area contributed by atoms with Crippen LogP contribution in [-0.4, -0.2) is 5.17 Å². The number of fused-ring (bicyclic) bond motifs is 2. The molecule has 1 heterocycles. The van der Waals surface area contributed by atoms with Gasteiger partial charge in [0.1, 0.15) is 5.17 Å². The first-order chi connectivity index (χ1) is 9.31. The number of allylic oxidation sites excluding steroid dienone is 1. The van der Waals surface area contributed by atoms with Crippen molar-refractivity contribution in [3.8, 4) is 6.07 Å². The first-order valence-electron chi connectivity index (χ1n) is 5.84. The van der Waals surface area contributed by atoms with Gasteiger partial charge in [-0.1, -0.05) is 54.1 Å². The highest BCUT2D eigenvalue weighted by atomic mass is 35.5. The Morgan fingerprint density at radius 1 is 0.947 bits per heavy atom. The number of hydrogen-bond donors (Lipinski definition) is 0. The van der Waals surface area contributed by atoms with Gasteiger partial charge in [-0.25, -0.2) is 4.99 Å². The Balaban J connectivity index is 2.40. The van der Waals surface area contributed by atoms with Crippen LogP contribution >= 0.6 is 11.6 Å². The minimum atomic E-state index is 0.449. The van der Waals surface area contributed by atoms with Crippen LogP contribution in [0.25, 0.3) is 5.57 Å². The monoisotopic (exact) mass is 264 g/mol. The van der Waals surface area contributed by atoms with E-state index in [1.807, 2.05) is 48.5 Å². The average Bonchev–Trinajstić information content (AvgIpc) is 2.56. The van der Waals surface area contributed by atoms with Crippen molar-refractivity contribution in [2.24, 2.45) is 4.99 Å². The van der Waals surface area contributed by atoms with Crippen molar-refractivity contribution >= 4 is 28.0 Å². The van der Waals surface area contributed by atoms with Gasteiger partial charge in [0.15, 0.2) is 0 Å². The van der Waals surface area contributed by atoms with Gasteiger partial charge in [-0.05, 0) is 11.6 Å². The molecule has 0 atom stereocenters. The Labute approximate surface area is 116 Å². The predicted molar refractivity (Wildman–Crippen MR) is 77.6 cm³/mol. The van der Waals surface area contributed by atoms with Gasteiger partial charge in [0, 0.05) is 22.8 Å². The number of halogens is 1. The molecule has 2 aromatic carbocycles. The van der Waals surface area contributed by atoms with Gasteiger partial charge in [-0.15, -0.1) is 0 Å². The van der Waals surface area contributed by atoms with Crippen LogP contribution < -0.4 is 0 Å². The Hall–Kier alpha value is -2.37. The second-order valence-corrected chi connectivity index (χ2v) is 4.51. The maximum atomic E-state index is 9.03. The van der Waals surface area contributed by atoms with Gasteiger partial charge < -0.3 is 0 Å². The first-order valence-corrected chi connectivity index (χ1v) is 6.22. The third kappa shape index (κ3) is 1.95. The number of rotatable bonds is 0. The second-order valence-electron chi connectivity index (χ2n) is 4.15. The van der Waals surface area contributed by atoms with Crippen molar-refractivity contribution in [2.75, 3.05) is 0 Å². The fourth-order valence-electron chi connectivity index (χ4n) is 2.23. The Kier molecular flexibility index (Phi) is 2.91. The fraction of sp³-hybridized carbons (Fsp3) is 0. The van der Waals surface area contributed by atoms with Crippen LogP contribution in [0.2, 0.25) is 0 Å². The van der Waals surface area contributed by atoms with Gasteiger partial charge in [0.25, 0.3) is 0 Å². The molecule has 1 aliphatic rings. The van der Waals surface area contributed by atoms with Crippen LogP contribution in [0.15, 0.2) is 59.6 Å². The third-order valence-electron chi connectivity index (χ3n) is 3.06. The van der Waals surface area contributed by atoms with Crippen molar-refractivity contribution in [1.82, 2.24) is 0 Å². The highest BCUT2D eigenvalue weighted by molar-refractivity contribution is 6.70. The normalized spacial score (nSPS) is 14.9. The van der Waals surface area contributed by atoms with Crippen molar-refractivity contribution < 1.29 is 0 Å². The van der Waals surface area contributed by atoms with Crippen LogP contribution in [0, 0.1) is 11.3 Å². The van der Waals surface area contributed by atoms with E-state index >= 15 is 0 Å². The highest BCUT2D eigenvalue weighted by Crippen LogP contribution is 2.36. The molecule has 0 aromatic heterocycles. The number of aliphatic imine (C=N–C) groups is 1. The van der Waals surface area contributed by atoms with Gasteiger partial charge in [-0.2, -0.15) is 5.26 Å². The lowest BCUT2D eigenvalue weighted by Gasteiger charge is -2.09. The van der Waals surface area contributed by atoms with Crippen LogP contribution in [0.3, 0.4) is 0 Å². The van der Waals surface area contributed by atoms with E-state index in [-0.39, 0.29) is 0 Å². The molecule has 0 aliphatic carbocycles. The molecule has 2 aromatic rings. The van der Waals surface area contributed by atoms with Crippen LogP contribution in [0.5, 0.6) is 0 Å². The van der Waals surface area contributed by atoms with E-state index in [4.69, 9.17) is 16.9 Å². The minimum absolute atomic E-state index is 0.449. The van der Waals surface area contributed by atoms with Crippen LogP contribution in [-0.2, 0) is 0 Å². The fourth-order valence-corrected chi connectivity index (χ4v) is 2.48. The zero-order valence-electron chi connectivity index (χ0n) is 9.97. The molecule has 0 amide bonds. The van der Waals surface area contributed by atoms with Gasteiger partial charge >= 0.3 is 0 Å². The average molecular weight is 265 g/mol. The summed E-state index contributed by atoms with van der Waals surface area (Å²) in [5, 5.41) is 9.48. The van der Waals surface area contributed by atoms with E-state index in [9.17, 15) is 0 Å². The number of benzene rings is 2. The Morgan fingerprint density at radius 3 is 2.32 bits per heavy atom. The molecule has 2 nitrogen and oxygen atoms in total. The number of hydrogen-bond acceptors (Lipinski definition) is 2. The minimum Gasteiger partial charge on any atom is -0.235 e. The van der Waals surface area contributed by atoms with Gasteiger partial charge in [-0.3, -0.25) is 0 Å². The Bertz CT molecular complexity index is 751. The van der Waals surface area contributed by atoms with Crippen LogP contribution in [0.4, 0.5) is 5.69 Å². The summed E-state index contributed by atoms with van der Waals surface area (Å²) in [6.07, 6.45) is 1.54. The lowest BCUT2D eigenvalue weighted by molar-refractivity contribution is 1.49. The molecule has 3 heteroatoms. The summed E-state index contributed by atoms with van der Waals surface area (Å²) in [6, 6.07) is 17.5. The molecule has 0 fully saturated rings. The zero-order chi connectivity index (χ0) is 13.2. The SMILES string of the molecule is N#C/C=C1/c2ccccc2N=C(Cl)c2ccccc21. The summed E-state index contributed by atoms with van der Waals surface area (Å²) in [6.45, 7) is 0. The zero-order valence-corrected chi connectivity index (χ0v) is 10.7. The molecule has 0 saturated carbocycles. The molecule has 3 rings (SSSR count). The number of nitrogens with zero attached hydrogens (tertiary/aromatic N) is 2. The van der Waals surface area contributed by atoms with Crippen molar-refractivity contribution in [1.29, 1.82) is 5.26 Å². The molecule has 19 heavy (non-hydrogen) atoms. The molecule has 1 aliphatic heterocycles. The molecular weight excluding hydrogens is 256 g/mol. The standard InChI is InChI=1S/C16H9ClN2/c17-16-14-7-2-1-5-11(14)12(9-10-18)13-6-3-4-8-15(13)19-16/h1-9H/b12-9+. The van der Waals surface area contributed by atoms with Crippen molar-refractivity contribution in [3.05, 3.63) is 71.3 Å². The Morgan fingerprint density at radius 2 is 1.58 bits per heavy atom. The molecule has 90 valence electrons. The van der Waals surface area contributed by atoms with Gasteiger partial charge in [0.05, 0.1) is 11.8 Å². The smallest absolute Gasteiger partial charge is 0.137 e.